The monoisotopic (exact) mass is 546 g/mol. The second-order valence-corrected chi connectivity index (χ2v) is 8.46. The minimum absolute atomic E-state index is 0. The second-order valence-electron chi connectivity index (χ2n) is 8.46. The molecule has 1 amide bonds. The lowest BCUT2D eigenvalue weighted by Crippen LogP contribution is -2.44. The van der Waals surface area contributed by atoms with Gasteiger partial charge in [-0.05, 0) is 49.8 Å². The molecule has 0 aliphatic carbocycles. The van der Waals surface area contributed by atoms with Gasteiger partial charge in [0.15, 0.2) is 5.96 Å². The Balaban J connectivity index is 0.00000480. The summed E-state index contributed by atoms with van der Waals surface area (Å²) in [6, 6.07) is 8.12. The van der Waals surface area contributed by atoms with Crippen molar-refractivity contribution in [1.82, 2.24) is 15.5 Å². The molecule has 1 aliphatic heterocycles. The first-order valence-electron chi connectivity index (χ1n) is 10.9. The largest absolute Gasteiger partial charge is 0.493 e. The van der Waals surface area contributed by atoms with Crippen molar-refractivity contribution in [3.8, 4) is 5.75 Å². The van der Waals surface area contributed by atoms with E-state index in [1.54, 1.807) is 19.0 Å². The summed E-state index contributed by atoms with van der Waals surface area (Å²) in [5.74, 6) is 1.95. The number of carbonyl (C=O) groups is 1. The highest BCUT2D eigenvalue weighted by atomic mass is 127. The van der Waals surface area contributed by atoms with Crippen molar-refractivity contribution in [3.05, 3.63) is 29.8 Å². The molecular formula is C23H39IN4O3. The Labute approximate surface area is 204 Å². The van der Waals surface area contributed by atoms with Crippen LogP contribution in [-0.2, 0) is 9.53 Å². The molecular weight excluding hydrogens is 507 g/mol. The fourth-order valence-electron chi connectivity index (χ4n) is 3.02. The molecule has 1 aliphatic rings. The van der Waals surface area contributed by atoms with E-state index in [9.17, 15) is 4.79 Å². The number of ether oxygens (including phenoxy) is 2. The molecule has 1 heterocycles. The normalized spacial score (nSPS) is 17.5. The first-order chi connectivity index (χ1) is 14.3. The number of nitrogens with one attached hydrogen (secondary N) is 2. The van der Waals surface area contributed by atoms with E-state index in [1.165, 1.54) is 6.42 Å². The zero-order valence-electron chi connectivity index (χ0n) is 19.5. The molecule has 1 saturated heterocycles. The Morgan fingerprint density at radius 2 is 1.94 bits per heavy atom. The van der Waals surface area contributed by atoms with Crippen LogP contribution in [0, 0.1) is 5.92 Å². The molecule has 2 rings (SSSR count). The molecule has 1 aromatic rings. The lowest BCUT2D eigenvalue weighted by molar-refractivity contribution is -0.127. The number of benzene rings is 1. The number of nitrogens with zero attached hydrogens (tertiary/aromatic N) is 2. The highest BCUT2D eigenvalue weighted by Crippen LogP contribution is 2.18. The van der Waals surface area contributed by atoms with Crippen LogP contribution in [-0.4, -0.2) is 63.3 Å². The maximum atomic E-state index is 12.0. The van der Waals surface area contributed by atoms with Crippen molar-refractivity contribution in [2.75, 3.05) is 40.4 Å². The number of rotatable bonds is 9. The number of halogens is 1. The van der Waals surface area contributed by atoms with Gasteiger partial charge in [-0.15, -0.1) is 24.0 Å². The van der Waals surface area contributed by atoms with Crippen molar-refractivity contribution in [2.24, 2.45) is 10.9 Å². The van der Waals surface area contributed by atoms with Crippen LogP contribution in [0.5, 0.6) is 5.75 Å². The standard InChI is InChI=1S/C23H38N4O3.HI/c1-17(2)16-30-20-11-9-19(10-12-20)18(3)26-23(25-15-22(28)27(4)5)24-14-21-8-6-7-13-29-21;/h9-12,17-18,21H,6-8,13-16H2,1-5H3,(H2,24,25,26);1H. The van der Waals surface area contributed by atoms with Gasteiger partial charge in [0, 0.05) is 27.2 Å². The summed E-state index contributed by atoms with van der Waals surface area (Å²) >= 11 is 0. The third-order valence-electron chi connectivity index (χ3n) is 4.96. The van der Waals surface area contributed by atoms with E-state index < -0.39 is 0 Å². The van der Waals surface area contributed by atoms with Gasteiger partial charge in [0.2, 0.25) is 5.91 Å². The molecule has 0 radical (unpaired) electrons. The van der Waals surface area contributed by atoms with Crippen LogP contribution in [0.15, 0.2) is 29.3 Å². The molecule has 7 nitrogen and oxygen atoms in total. The van der Waals surface area contributed by atoms with Crippen molar-refractivity contribution >= 4 is 35.8 Å². The van der Waals surface area contributed by atoms with E-state index in [0.29, 0.717) is 25.0 Å². The third-order valence-corrected chi connectivity index (χ3v) is 4.96. The average Bonchev–Trinajstić information content (AvgIpc) is 2.74. The maximum absolute atomic E-state index is 12.0. The Bertz CT molecular complexity index is 674. The van der Waals surface area contributed by atoms with Crippen LogP contribution >= 0.6 is 24.0 Å². The van der Waals surface area contributed by atoms with Gasteiger partial charge < -0.3 is 25.0 Å². The first-order valence-corrected chi connectivity index (χ1v) is 10.9. The molecule has 176 valence electrons. The second kappa shape index (κ2) is 14.5. The minimum Gasteiger partial charge on any atom is -0.493 e. The predicted molar refractivity (Wildman–Crippen MR) is 136 cm³/mol. The summed E-state index contributed by atoms with van der Waals surface area (Å²) in [6.45, 7) is 8.64. The van der Waals surface area contributed by atoms with Gasteiger partial charge in [-0.2, -0.15) is 0 Å². The van der Waals surface area contributed by atoms with E-state index in [1.807, 2.05) is 12.1 Å². The number of amides is 1. The van der Waals surface area contributed by atoms with E-state index in [2.05, 4.69) is 48.5 Å². The molecule has 31 heavy (non-hydrogen) atoms. The zero-order valence-corrected chi connectivity index (χ0v) is 21.8. The lowest BCUT2D eigenvalue weighted by atomic mass is 10.1. The van der Waals surface area contributed by atoms with Gasteiger partial charge >= 0.3 is 0 Å². The van der Waals surface area contributed by atoms with Crippen LogP contribution in [0.4, 0.5) is 0 Å². The van der Waals surface area contributed by atoms with Crippen molar-refractivity contribution in [3.63, 3.8) is 0 Å². The zero-order chi connectivity index (χ0) is 21.9. The fraction of sp³-hybridized carbons (Fsp3) is 0.652. The summed E-state index contributed by atoms with van der Waals surface area (Å²) in [5.41, 5.74) is 1.12. The van der Waals surface area contributed by atoms with Crippen molar-refractivity contribution < 1.29 is 14.3 Å². The topological polar surface area (TPSA) is 75.2 Å². The van der Waals surface area contributed by atoms with Crippen LogP contribution < -0.4 is 15.4 Å². The average molecular weight is 546 g/mol. The van der Waals surface area contributed by atoms with Gasteiger partial charge in [0.1, 0.15) is 12.3 Å². The minimum atomic E-state index is -0.0377. The van der Waals surface area contributed by atoms with E-state index in [4.69, 9.17) is 9.47 Å². The predicted octanol–water partition coefficient (Wildman–Crippen LogP) is 3.59. The quantitative estimate of drug-likeness (QED) is 0.282. The molecule has 1 aromatic carbocycles. The summed E-state index contributed by atoms with van der Waals surface area (Å²) in [5, 5.41) is 6.76. The lowest BCUT2D eigenvalue weighted by Gasteiger charge is -2.25. The molecule has 2 atom stereocenters. The summed E-state index contributed by atoms with van der Waals surface area (Å²) in [4.78, 5) is 18.0. The van der Waals surface area contributed by atoms with Gasteiger partial charge in [-0.3, -0.25) is 4.79 Å². The summed E-state index contributed by atoms with van der Waals surface area (Å²) in [7, 11) is 3.47. The molecule has 2 unspecified atom stereocenters. The smallest absolute Gasteiger partial charge is 0.243 e. The molecule has 8 heteroatoms. The highest BCUT2D eigenvalue weighted by molar-refractivity contribution is 14.0. The Hall–Kier alpha value is -1.55. The Kier molecular flexibility index (Phi) is 12.9. The van der Waals surface area contributed by atoms with Gasteiger partial charge in [0.05, 0.1) is 18.8 Å². The van der Waals surface area contributed by atoms with E-state index in [0.717, 1.165) is 30.8 Å². The first kappa shape index (κ1) is 27.5. The Morgan fingerprint density at radius 3 is 2.52 bits per heavy atom. The molecule has 2 N–H and O–H groups in total. The number of guanidine groups is 1. The number of hydrogen-bond donors (Lipinski definition) is 2. The van der Waals surface area contributed by atoms with Crippen LogP contribution in [0.25, 0.3) is 0 Å². The van der Waals surface area contributed by atoms with Crippen molar-refractivity contribution in [2.45, 2.75) is 52.2 Å². The van der Waals surface area contributed by atoms with Crippen LogP contribution in [0.3, 0.4) is 0 Å². The molecule has 0 saturated carbocycles. The molecule has 0 bridgehead atoms. The van der Waals surface area contributed by atoms with Crippen LogP contribution in [0.1, 0.15) is 51.6 Å². The molecule has 1 fully saturated rings. The maximum Gasteiger partial charge on any atom is 0.243 e. The number of hydrogen-bond acceptors (Lipinski definition) is 4. The molecule has 0 aromatic heterocycles. The van der Waals surface area contributed by atoms with Crippen molar-refractivity contribution in [1.29, 1.82) is 0 Å². The Morgan fingerprint density at radius 1 is 1.23 bits per heavy atom. The summed E-state index contributed by atoms with van der Waals surface area (Å²) < 4.78 is 11.6. The number of likely N-dealkylation sites (N-methyl/N-ethyl adjacent to an activating group) is 1. The highest BCUT2D eigenvalue weighted by Gasteiger charge is 2.16. The number of carbonyl (C=O) groups excluding carboxylic acids is 1. The van der Waals surface area contributed by atoms with Gasteiger partial charge in [-0.1, -0.05) is 26.0 Å². The molecule has 0 spiro atoms. The van der Waals surface area contributed by atoms with Gasteiger partial charge in [-0.25, -0.2) is 4.99 Å². The SMILES string of the molecule is CC(C)COc1ccc(C(C)NC(=NCC(=O)N(C)C)NCC2CCCCO2)cc1.I. The number of aliphatic imine (C=N–C) groups is 1. The third kappa shape index (κ3) is 10.5. The fourth-order valence-corrected chi connectivity index (χ4v) is 3.02. The van der Waals surface area contributed by atoms with E-state index >= 15 is 0 Å². The van der Waals surface area contributed by atoms with E-state index in [-0.39, 0.29) is 48.6 Å². The van der Waals surface area contributed by atoms with Gasteiger partial charge in [0.25, 0.3) is 0 Å². The van der Waals surface area contributed by atoms with Crippen LogP contribution in [0.2, 0.25) is 0 Å². The summed E-state index contributed by atoms with van der Waals surface area (Å²) in [6.07, 6.45) is 3.54.